The number of carbonyl (C=O) groups is 2. The number of carbonyl (C=O) groups excluding carboxylic acids is 2. The summed E-state index contributed by atoms with van der Waals surface area (Å²) in [6.07, 6.45) is 0. The molecular formula is C15H13ClN2O3. The van der Waals surface area contributed by atoms with Crippen molar-refractivity contribution in [2.45, 2.75) is 0 Å². The third kappa shape index (κ3) is 3.97. The highest BCUT2D eigenvalue weighted by Gasteiger charge is 2.14. The lowest BCUT2D eigenvalue weighted by Crippen LogP contribution is -2.34. The number of imide groups is 1. The number of rotatable bonds is 3. The summed E-state index contributed by atoms with van der Waals surface area (Å²) in [6.45, 7) is 0. The first-order valence-electron chi connectivity index (χ1n) is 6.11. The van der Waals surface area contributed by atoms with E-state index in [9.17, 15) is 9.59 Å². The highest BCUT2D eigenvalue weighted by Crippen LogP contribution is 2.17. The van der Waals surface area contributed by atoms with E-state index < -0.39 is 11.9 Å². The lowest BCUT2D eigenvalue weighted by molar-refractivity contribution is 0.0964. The van der Waals surface area contributed by atoms with Crippen LogP contribution in [0.1, 0.15) is 10.4 Å². The molecule has 0 aliphatic rings. The average molecular weight is 305 g/mol. The molecule has 0 saturated carbocycles. The molecule has 0 saturated heterocycles. The van der Waals surface area contributed by atoms with Crippen molar-refractivity contribution in [3.05, 3.63) is 59.1 Å². The summed E-state index contributed by atoms with van der Waals surface area (Å²) in [7, 11) is 1.46. The molecule has 0 unspecified atom stereocenters. The monoisotopic (exact) mass is 304 g/mol. The van der Waals surface area contributed by atoms with Crippen LogP contribution in [0.15, 0.2) is 48.5 Å². The normalized spacial score (nSPS) is 9.81. The van der Waals surface area contributed by atoms with Crippen molar-refractivity contribution < 1.29 is 14.3 Å². The molecular weight excluding hydrogens is 292 g/mol. The molecule has 2 aromatic carbocycles. The number of methoxy groups -OCH3 is 1. The Kier molecular flexibility index (Phi) is 4.79. The van der Waals surface area contributed by atoms with Gasteiger partial charge in [-0.15, -0.1) is 0 Å². The van der Waals surface area contributed by atoms with E-state index in [0.29, 0.717) is 16.5 Å². The Labute approximate surface area is 126 Å². The van der Waals surface area contributed by atoms with Crippen LogP contribution in [0.3, 0.4) is 0 Å². The van der Waals surface area contributed by atoms with Gasteiger partial charge in [-0.05, 0) is 36.4 Å². The molecule has 2 rings (SSSR count). The minimum Gasteiger partial charge on any atom is -0.496 e. The van der Waals surface area contributed by atoms with Crippen LogP contribution in [-0.2, 0) is 0 Å². The van der Waals surface area contributed by atoms with E-state index in [1.165, 1.54) is 7.11 Å². The van der Waals surface area contributed by atoms with Gasteiger partial charge in [0.2, 0.25) is 0 Å². The smallest absolute Gasteiger partial charge is 0.326 e. The van der Waals surface area contributed by atoms with E-state index in [4.69, 9.17) is 16.3 Å². The van der Waals surface area contributed by atoms with Gasteiger partial charge in [0.25, 0.3) is 5.91 Å². The SMILES string of the molecule is COc1ccccc1C(=O)NC(=O)Nc1ccc(Cl)cc1. The van der Waals surface area contributed by atoms with Crippen LogP contribution < -0.4 is 15.4 Å². The molecule has 0 heterocycles. The molecule has 0 aliphatic carbocycles. The quantitative estimate of drug-likeness (QED) is 0.914. The Balaban J connectivity index is 2.02. The molecule has 5 nitrogen and oxygen atoms in total. The maximum atomic E-state index is 12.0. The topological polar surface area (TPSA) is 67.4 Å². The highest BCUT2D eigenvalue weighted by atomic mass is 35.5. The van der Waals surface area contributed by atoms with Gasteiger partial charge in [0.15, 0.2) is 0 Å². The van der Waals surface area contributed by atoms with Crippen LogP contribution >= 0.6 is 11.6 Å². The third-order valence-electron chi connectivity index (χ3n) is 2.68. The van der Waals surface area contributed by atoms with Crippen LogP contribution in [-0.4, -0.2) is 19.0 Å². The Hall–Kier alpha value is -2.53. The molecule has 0 aliphatic heterocycles. The molecule has 21 heavy (non-hydrogen) atoms. The minimum atomic E-state index is -0.631. The third-order valence-corrected chi connectivity index (χ3v) is 2.93. The Morgan fingerprint density at radius 3 is 2.38 bits per heavy atom. The van der Waals surface area contributed by atoms with Crippen molar-refractivity contribution in [2.75, 3.05) is 12.4 Å². The van der Waals surface area contributed by atoms with Gasteiger partial charge in [0, 0.05) is 10.7 Å². The molecule has 2 aromatic rings. The molecule has 108 valence electrons. The van der Waals surface area contributed by atoms with Gasteiger partial charge in [-0.3, -0.25) is 10.1 Å². The molecule has 0 spiro atoms. The molecule has 6 heteroatoms. The minimum absolute atomic E-state index is 0.284. The molecule has 0 fully saturated rings. The van der Waals surface area contributed by atoms with Gasteiger partial charge in [0.05, 0.1) is 12.7 Å². The van der Waals surface area contributed by atoms with Gasteiger partial charge in [-0.2, -0.15) is 0 Å². The predicted octanol–water partition coefficient (Wildman–Crippen LogP) is 3.31. The predicted molar refractivity (Wildman–Crippen MR) is 80.9 cm³/mol. The van der Waals surface area contributed by atoms with E-state index in [2.05, 4.69) is 10.6 Å². The van der Waals surface area contributed by atoms with Crippen molar-refractivity contribution in [2.24, 2.45) is 0 Å². The van der Waals surface area contributed by atoms with Gasteiger partial charge in [-0.1, -0.05) is 23.7 Å². The standard InChI is InChI=1S/C15H13ClN2O3/c1-21-13-5-3-2-4-12(13)14(19)18-15(20)17-11-8-6-10(16)7-9-11/h2-9H,1H3,(H2,17,18,19,20). The second kappa shape index (κ2) is 6.76. The largest absolute Gasteiger partial charge is 0.496 e. The summed E-state index contributed by atoms with van der Waals surface area (Å²) in [5.41, 5.74) is 0.816. The van der Waals surface area contributed by atoms with Crippen molar-refractivity contribution in [1.82, 2.24) is 5.32 Å². The van der Waals surface area contributed by atoms with Gasteiger partial charge >= 0.3 is 6.03 Å². The van der Waals surface area contributed by atoms with Gasteiger partial charge < -0.3 is 10.1 Å². The number of amides is 3. The van der Waals surface area contributed by atoms with Crippen LogP contribution in [0.2, 0.25) is 5.02 Å². The van der Waals surface area contributed by atoms with Crippen molar-refractivity contribution in [3.63, 3.8) is 0 Å². The summed E-state index contributed by atoms with van der Waals surface area (Å²) >= 11 is 5.75. The number of para-hydroxylation sites is 1. The zero-order chi connectivity index (χ0) is 15.2. The van der Waals surface area contributed by atoms with Gasteiger partial charge in [0.1, 0.15) is 5.75 Å². The van der Waals surface area contributed by atoms with Crippen molar-refractivity contribution in [1.29, 1.82) is 0 Å². The van der Waals surface area contributed by atoms with E-state index >= 15 is 0 Å². The molecule has 0 bridgehead atoms. The van der Waals surface area contributed by atoms with E-state index in [1.54, 1.807) is 48.5 Å². The van der Waals surface area contributed by atoms with Gasteiger partial charge in [-0.25, -0.2) is 4.79 Å². The highest BCUT2D eigenvalue weighted by molar-refractivity contribution is 6.30. The van der Waals surface area contributed by atoms with Crippen LogP contribution in [0, 0.1) is 0 Å². The lowest BCUT2D eigenvalue weighted by Gasteiger charge is -2.09. The number of benzene rings is 2. The molecule has 0 aromatic heterocycles. The Bertz CT molecular complexity index is 656. The molecule has 0 radical (unpaired) electrons. The van der Waals surface area contributed by atoms with Crippen molar-refractivity contribution in [3.8, 4) is 5.75 Å². The zero-order valence-corrected chi connectivity index (χ0v) is 12.0. The first-order chi connectivity index (χ1) is 10.1. The second-order valence-electron chi connectivity index (χ2n) is 4.12. The zero-order valence-electron chi connectivity index (χ0n) is 11.2. The molecule has 0 atom stereocenters. The maximum absolute atomic E-state index is 12.0. The number of hydrogen-bond acceptors (Lipinski definition) is 3. The number of nitrogens with one attached hydrogen (secondary N) is 2. The fourth-order valence-corrected chi connectivity index (χ4v) is 1.82. The van der Waals surface area contributed by atoms with E-state index in [1.807, 2.05) is 0 Å². The number of ether oxygens (including phenoxy) is 1. The van der Waals surface area contributed by atoms with Crippen molar-refractivity contribution >= 4 is 29.2 Å². The Morgan fingerprint density at radius 2 is 1.71 bits per heavy atom. The lowest BCUT2D eigenvalue weighted by atomic mass is 10.2. The summed E-state index contributed by atoms with van der Waals surface area (Å²) in [5.74, 6) is -0.145. The number of urea groups is 1. The number of hydrogen-bond donors (Lipinski definition) is 2. The number of anilines is 1. The summed E-state index contributed by atoms with van der Waals surface area (Å²) in [4.78, 5) is 23.8. The van der Waals surface area contributed by atoms with E-state index in [0.717, 1.165) is 0 Å². The molecule has 3 amide bonds. The Morgan fingerprint density at radius 1 is 1.05 bits per heavy atom. The first kappa shape index (κ1) is 14.9. The van der Waals surface area contributed by atoms with E-state index in [-0.39, 0.29) is 5.56 Å². The van der Waals surface area contributed by atoms with Crippen LogP contribution in [0.4, 0.5) is 10.5 Å². The fourth-order valence-electron chi connectivity index (χ4n) is 1.70. The second-order valence-corrected chi connectivity index (χ2v) is 4.55. The summed E-state index contributed by atoms with van der Waals surface area (Å²) in [5, 5.41) is 5.33. The summed E-state index contributed by atoms with van der Waals surface area (Å²) < 4.78 is 5.07. The van der Waals surface area contributed by atoms with Crippen LogP contribution in [0.25, 0.3) is 0 Å². The fraction of sp³-hybridized carbons (Fsp3) is 0.0667. The first-order valence-corrected chi connectivity index (χ1v) is 6.49. The number of halogens is 1. The van der Waals surface area contributed by atoms with Crippen LogP contribution in [0.5, 0.6) is 5.75 Å². The summed E-state index contributed by atoms with van der Waals surface area (Å²) in [6, 6.07) is 12.6. The maximum Gasteiger partial charge on any atom is 0.326 e. The molecule has 2 N–H and O–H groups in total. The average Bonchev–Trinajstić information content (AvgIpc) is 2.49.